The molecule has 1 aromatic carbocycles. The van der Waals surface area contributed by atoms with Crippen molar-refractivity contribution in [1.82, 2.24) is 0 Å². The first-order valence-electron chi connectivity index (χ1n) is 5.17. The van der Waals surface area contributed by atoms with Crippen molar-refractivity contribution in [3.63, 3.8) is 0 Å². The first-order valence-corrected chi connectivity index (χ1v) is 5.17. The molecule has 2 N–H and O–H groups in total. The third kappa shape index (κ3) is 2.49. The van der Waals surface area contributed by atoms with Gasteiger partial charge < -0.3 is 10.2 Å². The second-order valence-corrected chi connectivity index (χ2v) is 4.14. The number of phenols is 1. The molecule has 0 heterocycles. The average molecular weight is 206 g/mol. The lowest BCUT2D eigenvalue weighted by atomic mass is 9.91. The molecule has 3 heteroatoms. The summed E-state index contributed by atoms with van der Waals surface area (Å²) >= 11 is 0. The third-order valence-corrected chi connectivity index (χ3v) is 2.88. The summed E-state index contributed by atoms with van der Waals surface area (Å²) in [5.74, 6) is -0.00344. The molecule has 0 spiro atoms. The summed E-state index contributed by atoms with van der Waals surface area (Å²) in [7, 11) is 0. The van der Waals surface area contributed by atoms with Gasteiger partial charge in [-0.15, -0.1) is 0 Å². The number of phenolic OH excluding ortho intramolecular Hbond substituents is 1. The van der Waals surface area contributed by atoms with Gasteiger partial charge in [0.25, 0.3) is 0 Å². The zero-order valence-electron chi connectivity index (χ0n) is 8.39. The molecule has 0 unspecified atom stereocenters. The van der Waals surface area contributed by atoms with E-state index in [-0.39, 0.29) is 18.1 Å². The first-order chi connectivity index (χ1) is 7.16. The highest BCUT2D eigenvalue weighted by molar-refractivity contribution is 5.68. The largest absolute Gasteiger partial charge is 0.508 e. The molecule has 0 saturated heterocycles. The number of hydrogen-bond donors (Lipinski definition) is 2. The van der Waals surface area contributed by atoms with Crippen LogP contribution in [0.3, 0.4) is 0 Å². The number of hydrogen-bond acceptors (Lipinski definition) is 2. The Morgan fingerprint density at radius 1 is 1.47 bits per heavy atom. The van der Waals surface area contributed by atoms with Crippen molar-refractivity contribution in [1.29, 1.82) is 0 Å². The smallest absolute Gasteiger partial charge is 0.303 e. The highest BCUT2D eigenvalue weighted by Crippen LogP contribution is 2.44. The quantitative estimate of drug-likeness (QED) is 0.795. The molecule has 1 atom stereocenters. The zero-order chi connectivity index (χ0) is 10.8. The molecule has 1 saturated carbocycles. The lowest BCUT2D eigenvalue weighted by molar-refractivity contribution is -0.137. The molecule has 0 aromatic heterocycles. The van der Waals surface area contributed by atoms with E-state index in [2.05, 4.69) is 0 Å². The van der Waals surface area contributed by atoms with Crippen LogP contribution in [0.25, 0.3) is 0 Å². The fourth-order valence-corrected chi connectivity index (χ4v) is 2.00. The first kappa shape index (κ1) is 10.0. The standard InChI is InChI=1S/C12H14O3/c13-10-3-1-2-9(6-10)11(7-12(14)15)8-4-5-8/h1-3,6,8,11,13H,4-5,7H2,(H,14,15)/t11-/m1/s1. The number of benzene rings is 1. The predicted molar refractivity (Wildman–Crippen MR) is 55.8 cm³/mol. The van der Waals surface area contributed by atoms with E-state index < -0.39 is 5.97 Å². The van der Waals surface area contributed by atoms with Gasteiger partial charge in [-0.2, -0.15) is 0 Å². The molecule has 1 aliphatic rings. The van der Waals surface area contributed by atoms with Crippen LogP contribution >= 0.6 is 0 Å². The van der Waals surface area contributed by atoms with Gasteiger partial charge in [-0.3, -0.25) is 4.79 Å². The molecule has 3 nitrogen and oxygen atoms in total. The van der Waals surface area contributed by atoms with Crippen LogP contribution in [-0.4, -0.2) is 16.2 Å². The molecule has 2 rings (SSSR count). The summed E-state index contributed by atoms with van der Waals surface area (Å²) in [5, 5.41) is 18.2. The molecule has 0 amide bonds. The number of carboxylic acids is 1. The minimum absolute atomic E-state index is 0.0644. The highest BCUT2D eigenvalue weighted by atomic mass is 16.4. The monoisotopic (exact) mass is 206 g/mol. The van der Waals surface area contributed by atoms with Crippen LogP contribution in [0.2, 0.25) is 0 Å². The van der Waals surface area contributed by atoms with E-state index in [0.29, 0.717) is 5.92 Å². The normalized spacial score (nSPS) is 17.3. The summed E-state index contributed by atoms with van der Waals surface area (Å²) in [6, 6.07) is 6.94. The maximum absolute atomic E-state index is 10.7. The Balaban J connectivity index is 2.19. The summed E-state index contributed by atoms with van der Waals surface area (Å²) in [4.78, 5) is 10.7. The Kier molecular flexibility index (Phi) is 2.62. The van der Waals surface area contributed by atoms with Crippen LogP contribution in [0.4, 0.5) is 0 Å². The molecule has 1 aromatic rings. The molecule has 1 fully saturated rings. The zero-order valence-corrected chi connectivity index (χ0v) is 8.39. The minimum atomic E-state index is -0.768. The van der Waals surface area contributed by atoms with Crippen molar-refractivity contribution in [2.24, 2.45) is 5.92 Å². The third-order valence-electron chi connectivity index (χ3n) is 2.88. The van der Waals surface area contributed by atoms with Crippen molar-refractivity contribution in [2.75, 3.05) is 0 Å². The maximum Gasteiger partial charge on any atom is 0.303 e. The van der Waals surface area contributed by atoms with Gasteiger partial charge in [0.15, 0.2) is 0 Å². The lowest BCUT2D eigenvalue weighted by Gasteiger charge is -2.14. The Bertz CT molecular complexity index is 369. The second-order valence-electron chi connectivity index (χ2n) is 4.14. The lowest BCUT2D eigenvalue weighted by Crippen LogP contribution is -2.08. The van der Waals surface area contributed by atoms with Gasteiger partial charge in [0.05, 0.1) is 6.42 Å². The maximum atomic E-state index is 10.7. The summed E-state index contributed by atoms with van der Waals surface area (Å²) in [6.07, 6.45) is 2.37. The van der Waals surface area contributed by atoms with Crippen molar-refractivity contribution in [3.8, 4) is 5.75 Å². The van der Waals surface area contributed by atoms with Crippen LogP contribution in [0.1, 0.15) is 30.7 Å². The Labute approximate surface area is 88.4 Å². The van der Waals surface area contributed by atoms with Crippen molar-refractivity contribution in [2.45, 2.75) is 25.2 Å². The average Bonchev–Trinajstić information content (AvgIpc) is 2.97. The summed E-state index contributed by atoms with van der Waals surface area (Å²) in [5.41, 5.74) is 0.944. The molecule has 0 radical (unpaired) electrons. The molecule has 1 aliphatic carbocycles. The molecular weight excluding hydrogens is 192 g/mol. The van der Waals surface area contributed by atoms with Gasteiger partial charge in [-0.1, -0.05) is 12.1 Å². The summed E-state index contributed by atoms with van der Waals surface area (Å²) in [6.45, 7) is 0. The fraction of sp³-hybridized carbons (Fsp3) is 0.417. The van der Waals surface area contributed by atoms with Crippen LogP contribution in [0.5, 0.6) is 5.75 Å². The van der Waals surface area contributed by atoms with Crippen molar-refractivity contribution < 1.29 is 15.0 Å². The summed E-state index contributed by atoms with van der Waals surface area (Å²) < 4.78 is 0. The molecule has 0 aliphatic heterocycles. The van der Waals surface area contributed by atoms with E-state index in [1.807, 2.05) is 6.07 Å². The van der Waals surface area contributed by atoms with E-state index in [9.17, 15) is 9.90 Å². The topological polar surface area (TPSA) is 57.5 Å². The predicted octanol–water partition coefficient (Wildman–Crippen LogP) is 2.36. The van der Waals surface area contributed by atoms with Crippen molar-refractivity contribution in [3.05, 3.63) is 29.8 Å². The second kappa shape index (κ2) is 3.93. The van der Waals surface area contributed by atoms with Gasteiger partial charge >= 0.3 is 5.97 Å². The van der Waals surface area contributed by atoms with Gasteiger partial charge in [0.2, 0.25) is 0 Å². The van der Waals surface area contributed by atoms with E-state index in [0.717, 1.165) is 18.4 Å². The molecule has 0 bridgehead atoms. The number of carboxylic acid groups (broad SMARTS) is 1. The van der Waals surface area contributed by atoms with Crippen LogP contribution in [0.15, 0.2) is 24.3 Å². The Morgan fingerprint density at radius 2 is 2.20 bits per heavy atom. The fourth-order valence-electron chi connectivity index (χ4n) is 2.00. The SMILES string of the molecule is O=C(O)C[C@@H](c1cccc(O)c1)C1CC1. The van der Waals surface area contributed by atoms with E-state index in [1.54, 1.807) is 18.2 Å². The molecular formula is C12H14O3. The van der Waals surface area contributed by atoms with Crippen LogP contribution < -0.4 is 0 Å². The number of rotatable bonds is 4. The Hall–Kier alpha value is -1.51. The number of aliphatic carboxylic acids is 1. The van der Waals surface area contributed by atoms with E-state index in [1.165, 1.54) is 0 Å². The number of aromatic hydroxyl groups is 1. The van der Waals surface area contributed by atoms with Gasteiger partial charge in [0, 0.05) is 0 Å². The number of carbonyl (C=O) groups is 1. The van der Waals surface area contributed by atoms with Crippen molar-refractivity contribution >= 4 is 5.97 Å². The molecule has 80 valence electrons. The van der Waals surface area contributed by atoms with Crippen LogP contribution in [-0.2, 0) is 4.79 Å². The van der Waals surface area contributed by atoms with Gasteiger partial charge in [-0.25, -0.2) is 0 Å². The van der Waals surface area contributed by atoms with Gasteiger partial charge in [-0.05, 0) is 42.4 Å². The van der Waals surface area contributed by atoms with Crippen LogP contribution in [0, 0.1) is 5.92 Å². The Morgan fingerprint density at radius 3 is 2.73 bits per heavy atom. The van der Waals surface area contributed by atoms with Gasteiger partial charge in [0.1, 0.15) is 5.75 Å². The highest BCUT2D eigenvalue weighted by Gasteiger charge is 2.33. The molecule has 15 heavy (non-hydrogen) atoms. The minimum Gasteiger partial charge on any atom is -0.508 e. The van der Waals surface area contributed by atoms with E-state index in [4.69, 9.17) is 5.11 Å². The van der Waals surface area contributed by atoms with E-state index >= 15 is 0 Å².